The maximum absolute atomic E-state index is 10.7. The Morgan fingerprint density at radius 3 is 2.56 bits per heavy atom. The summed E-state index contributed by atoms with van der Waals surface area (Å²) < 4.78 is 21.3. The first-order valence-electron chi connectivity index (χ1n) is 2.70. The van der Waals surface area contributed by atoms with Crippen molar-refractivity contribution in [3.05, 3.63) is 23.1 Å². The van der Waals surface area contributed by atoms with Gasteiger partial charge < -0.3 is 0 Å². The maximum atomic E-state index is 10.7. The summed E-state index contributed by atoms with van der Waals surface area (Å²) in [6.45, 7) is 1.83. The molecule has 0 radical (unpaired) electrons. The Balaban J connectivity index is 2.97. The lowest BCUT2D eigenvalue weighted by molar-refractivity contribution is 0.608. The van der Waals surface area contributed by atoms with Crippen molar-refractivity contribution in [2.24, 2.45) is 0 Å². The predicted molar refractivity (Wildman–Crippen MR) is 36.7 cm³/mol. The van der Waals surface area contributed by atoms with Crippen LogP contribution in [0.15, 0.2) is 23.1 Å². The molecule has 0 aliphatic carbocycles. The number of sulfone groups is 1. The van der Waals surface area contributed by atoms with Crippen molar-refractivity contribution in [3.8, 4) is 0 Å². The molecule has 0 N–H and O–H groups in total. The molecule has 1 heterocycles. The van der Waals surface area contributed by atoms with Gasteiger partial charge in [-0.3, -0.25) is 0 Å². The van der Waals surface area contributed by atoms with Crippen LogP contribution < -0.4 is 0 Å². The van der Waals surface area contributed by atoms with Crippen LogP contribution in [0.5, 0.6) is 0 Å². The monoisotopic (exact) mass is 144 g/mol. The van der Waals surface area contributed by atoms with Crippen molar-refractivity contribution in [1.82, 2.24) is 0 Å². The molecule has 0 saturated carbocycles. The standard InChI is InChI=1S/C6H8O2S/c1-2-6-3-4-9(7,8)5-6/h2-4H,5H2,1H3/b6-2-. The van der Waals surface area contributed by atoms with E-state index in [4.69, 9.17) is 0 Å². The van der Waals surface area contributed by atoms with Gasteiger partial charge in [-0.1, -0.05) is 6.08 Å². The highest BCUT2D eigenvalue weighted by Gasteiger charge is 2.13. The Morgan fingerprint density at radius 1 is 1.67 bits per heavy atom. The van der Waals surface area contributed by atoms with Crippen molar-refractivity contribution in [1.29, 1.82) is 0 Å². The lowest BCUT2D eigenvalue weighted by atomic mass is 10.3. The van der Waals surface area contributed by atoms with E-state index in [9.17, 15) is 8.42 Å². The molecule has 0 fully saturated rings. The molecule has 3 heteroatoms. The second kappa shape index (κ2) is 1.99. The van der Waals surface area contributed by atoms with Gasteiger partial charge in [-0.15, -0.1) is 0 Å². The van der Waals surface area contributed by atoms with E-state index >= 15 is 0 Å². The van der Waals surface area contributed by atoms with Crippen molar-refractivity contribution in [3.63, 3.8) is 0 Å². The average molecular weight is 144 g/mol. The van der Waals surface area contributed by atoms with E-state index in [0.29, 0.717) is 0 Å². The van der Waals surface area contributed by atoms with E-state index in [0.717, 1.165) is 5.57 Å². The van der Waals surface area contributed by atoms with E-state index in [1.807, 2.05) is 6.92 Å². The summed E-state index contributed by atoms with van der Waals surface area (Å²) in [7, 11) is -2.86. The highest BCUT2D eigenvalue weighted by molar-refractivity contribution is 7.94. The van der Waals surface area contributed by atoms with Gasteiger partial charge in [0.1, 0.15) is 0 Å². The fraction of sp³-hybridized carbons (Fsp3) is 0.333. The van der Waals surface area contributed by atoms with Crippen LogP contribution in [0.25, 0.3) is 0 Å². The zero-order chi connectivity index (χ0) is 6.91. The summed E-state index contributed by atoms with van der Waals surface area (Å²) in [6, 6.07) is 0. The van der Waals surface area contributed by atoms with E-state index in [2.05, 4.69) is 0 Å². The Bertz CT molecular complexity index is 257. The Labute approximate surface area is 54.8 Å². The molecule has 1 aliphatic rings. The van der Waals surface area contributed by atoms with E-state index in [1.165, 1.54) is 5.41 Å². The molecular formula is C6H8O2S. The largest absolute Gasteiger partial charge is 0.224 e. The second-order valence-electron chi connectivity index (χ2n) is 1.97. The van der Waals surface area contributed by atoms with Gasteiger partial charge >= 0.3 is 0 Å². The molecule has 0 aromatic carbocycles. The summed E-state index contributed by atoms with van der Waals surface area (Å²) >= 11 is 0. The van der Waals surface area contributed by atoms with Gasteiger partial charge in [-0.25, -0.2) is 8.42 Å². The van der Waals surface area contributed by atoms with Crippen LogP contribution in [0.4, 0.5) is 0 Å². The van der Waals surface area contributed by atoms with Crippen molar-refractivity contribution in [2.45, 2.75) is 6.92 Å². The Kier molecular flexibility index (Phi) is 1.45. The molecule has 1 aliphatic heterocycles. The molecule has 0 unspecified atom stereocenters. The first kappa shape index (κ1) is 6.55. The van der Waals surface area contributed by atoms with Gasteiger partial charge in [-0.05, 0) is 18.6 Å². The van der Waals surface area contributed by atoms with Crippen molar-refractivity contribution in [2.75, 3.05) is 5.75 Å². The Hall–Kier alpha value is -0.570. The lowest BCUT2D eigenvalue weighted by Gasteiger charge is -1.86. The predicted octanol–water partition coefficient (Wildman–Crippen LogP) is 0.875. The Morgan fingerprint density at radius 2 is 2.33 bits per heavy atom. The summed E-state index contributed by atoms with van der Waals surface area (Å²) in [5.74, 6) is 0.184. The van der Waals surface area contributed by atoms with Crippen LogP contribution in [0.2, 0.25) is 0 Å². The van der Waals surface area contributed by atoms with Crippen LogP contribution >= 0.6 is 0 Å². The zero-order valence-corrected chi connectivity index (χ0v) is 5.98. The van der Waals surface area contributed by atoms with Crippen molar-refractivity contribution < 1.29 is 8.42 Å². The molecule has 0 aromatic rings. The van der Waals surface area contributed by atoms with E-state index in [-0.39, 0.29) is 5.75 Å². The van der Waals surface area contributed by atoms with Gasteiger partial charge in [-0.2, -0.15) is 0 Å². The number of allylic oxidation sites excluding steroid dienone is 2. The maximum Gasteiger partial charge on any atom is 0.175 e. The van der Waals surface area contributed by atoms with Crippen LogP contribution in [-0.2, 0) is 9.84 Å². The van der Waals surface area contributed by atoms with E-state index in [1.54, 1.807) is 12.2 Å². The molecule has 1 rings (SSSR count). The van der Waals surface area contributed by atoms with Crippen molar-refractivity contribution >= 4 is 9.84 Å². The minimum Gasteiger partial charge on any atom is -0.224 e. The molecule has 50 valence electrons. The smallest absolute Gasteiger partial charge is 0.175 e. The molecule has 9 heavy (non-hydrogen) atoms. The van der Waals surface area contributed by atoms with Gasteiger partial charge in [0.25, 0.3) is 0 Å². The molecule has 0 amide bonds. The summed E-state index contributed by atoms with van der Waals surface area (Å²) in [5.41, 5.74) is 0.884. The van der Waals surface area contributed by atoms with Gasteiger partial charge in [0, 0.05) is 5.41 Å². The normalized spacial score (nSPS) is 27.4. The van der Waals surface area contributed by atoms with Gasteiger partial charge in [0.05, 0.1) is 5.75 Å². The van der Waals surface area contributed by atoms with E-state index < -0.39 is 9.84 Å². The quantitative estimate of drug-likeness (QED) is 0.505. The molecule has 0 saturated heterocycles. The SMILES string of the molecule is C/C=C1/C=CS(=O)(=O)C1. The molecule has 0 atom stereocenters. The minimum absolute atomic E-state index is 0.184. The summed E-state index contributed by atoms with van der Waals surface area (Å²) in [6.07, 6.45) is 3.44. The lowest BCUT2D eigenvalue weighted by Crippen LogP contribution is -1.95. The number of hydrogen-bond donors (Lipinski definition) is 0. The molecule has 2 nitrogen and oxygen atoms in total. The molecule has 0 spiro atoms. The third-order valence-corrected chi connectivity index (χ3v) is 2.51. The average Bonchev–Trinajstić information content (AvgIpc) is 2.10. The molecular weight excluding hydrogens is 136 g/mol. The van der Waals surface area contributed by atoms with Crippen LogP contribution in [-0.4, -0.2) is 14.2 Å². The number of rotatable bonds is 0. The van der Waals surface area contributed by atoms with Crippen LogP contribution in [0, 0.1) is 0 Å². The molecule has 0 bridgehead atoms. The first-order chi connectivity index (χ1) is 4.14. The minimum atomic E-state index is -2.86. The third kappa shape index (κ3) is 1.42. The molecule has 0 aromatic heterocycles. The fourth-order valence-electron chi connectivity index (χ4n) is 0.699. The summed E-state index contributed by atoms with van der Waals surface area (Å²) in [4.78, 5) is 0. The summed E-state index contributed by atoms with van der Waals surface area (Å²) in [5, 5.41) is 1.25. The highest BCUT2D eigenvalue weighted by Crippen LogP contribution is 2.12. The first-order valence-corrected chi connectivity index (χ1v) is 4.41. The number of hydrogen-bond acceptors (Lipinski definition) is 2. The second-order valence-corrected chi connectivity index (χ2v) is 3.86. The van der Waals surface area contributed by atoms with Crippen LogP contribution in [0.3, 0.4) is 0 Å². The fourth-order valence-corrected chi connectivity index (χ4v) is 1.91. The topological polar surface area (TPSA) is 34.1 Å². The van der Waals surface area contributed by atoms with Crippen LogP contribution in [0.1, 0.15) is 6.92 Å². The third-order valence-electron chi connectivity index (χ3n) is 1.23. The van der Waals surface area contributed by atoms with Gasteiger partial charge in [0.2, 0.25) is 0 Å². The van der Waals surface area contributed by atoms with Gasteiger partial charge in [0.15, 0.2) is 9.84 Å². The highest BCUT2D eigenvalue weighted by atomic mass is 32.2. The zero-order valence-electron chi connectivity index (χ0n) is 5.16.